The van der Waals surface area contributed by atoms with Crippen LogP contribution >= 0.6 is 0 Å². The molecule has 2 N–H and O–H groups in total. The van der Waals surface area contributed by atoms with Crippen LogP contribution in [0.3, 0.4) is 0 Å². The summed E-state index contributed by atoms with van der Waals surface area (Å²) in [6.45, 7) is 2.91. The van der Waals surface area contributed by atoms with Gasteiger partial charge in [-0.2, -0.15) is 0 Å². The van der Waals surface area contributed by atoms with Crippen LogP contribution in [0.1, 0.15) is 25.3 Å². The number of anilines is 1. The van der Waals surface area contributed by atoms with Crippen LogP contribution in [0.5, 0.6) is 0 Å². The molecule has 0 saturated heterocycles. The molecule has 0 atom stereocenters. The highest BCUT2D eigenvalue weighted by atomic mass is 19.2. The second kappa shape index (κ2) is 3.48. The van der Waals surface area contributed by atoms with Crippen LogP contribution in [0.2, 0.25) is 0 Å². The first-order valence-corrected chi connectivity index (χ1v) is 3.99. The van der Waals surface area contributed by atoms with Gasteiger partial charge in [-0.25, -0.2) is 17.6 Å². The number of benzene rings is 1. The maximum Gasteiger partial charge on any atom is 0.197 e. The molecule has 0 spiro atoms. The Hall–Kier alpha value is -1.26. The van der Waals surface area contributed by atoms with Gasteiger partial charge in [0, 0.05) is 5.56 Å². The number of nitrogens with two attached hydrogens (primary N) is 1. The van der Waals surface area contributed by atoms with Gasteiger partial charge in [0.15, 0.2) is 23.3 Å². The van der Waals surface area contributed by atoms with Gasteiger partial charge in [0.2, 0.25) is 0 Å². The van der Waals surface area contributed by atoms with Crippen molar-refractivity contribution in [1.82, 2.24) is 0 Å². The summed E-state index contributed by atoms with van der Waals surface area (Å²) >= 11 is 0. The predicted octanol–water partition coefficient (Wildman–Crippen LogP) is 2.95. The first-order valence-electron chi connectivity index (χ1n) is 3.99. The molecule has 5 heteroatoms. The second-order valence-electron chi connectivity index (χ2n) is 3.24. The van der Waals surface area contributed by atoms with E-state index in [-0.39, 0.29) is 0 Å². The summed E-state index contributed by atoms with van der Waals surface area (Å²) in [5.41, 5.74) is 3.43. The number of hydrogen-bond donors (Lipinski definition) is 1. The van der Waals surface area contributed by atoms with Gasteiger partial charge in [-0.1, -0.05) is 13.8 Å². The Labute approximate surface area is 78.5 Å². The van der Waals surface area contributed by atoms with Gasteiger partial charge >= 0.3 is 0 Å². The van der Waals surface area contributed by atoms with E-state index in [0.717, 1.165) is 0 Å². The zero-order valence-electron chi connectivity index (χ0n) is 7.67. The minimum atomic E-state index is -1.73. The first-order chi connectivity index (χ1) is 6.37. The van der Waals surface area contributed by atoms with E-state index in [1.807, 2.05) is 0 Å². The summed E-state index contributed by atoms with van der Waals surface area (Å²) in [5.74, 6) is -6.75. The van der Waals surface area contributed by atoms with Gasteiger partial charge in [0.05, 0.1) is 0 Å². The monoisotopic (exact) mass is 207 g/mol. The molecule has 0 radical (unpaired) electrons. The van der Waals surface area contributed by atoms with Gasteiger partial charge in [-0.15, -0.1) is 0 Å². The number of rotatable bonds is 1. The van der Waals surface area contributed by atoms with E-state index in [1.165, 1.54) is 13.8 Å². The largest absolute Gasteiger partial charge is 0.394 e. The van der Waals surface area contributed by atoms with Gasteiger partial charge in [0.25, 0.3) is 0 Å². The van der Waals surface area contributed by atoms with Crippen molar-refractivity contribution in [3.05, 3.63) is 28.8 Å². The summed E-state index contributed by atoms with van der Waals surface area (Å²) in [5, 5.41) is 0. The Kier molecular flexibility index (Phi) is 2.69. The summed E-state index contributed by atoms with van der Waals surface area (Å²) in [7, 11) is 0. The van der Waals surface area contributed by atoms with Crippen molar-refractivity contribution in [2.24, 2.45) is 0 Å². The summed E-state index contributed by atoms with van der Waals surface area (Å²) in [6.07, 6.45) is 0. The highest BCUT2D eigenvalue weighted by molar-refractivity contribution is 5.46. The maximum absolute atomic E-state index is 13.2. The minimum absolute atomic E-state index is 0.526. The van der Waals surface area contributed by atoms with E-state index >= 15 is 0 Å². The fourth-order valence-electron chi connectivity index (χ4n) is 1.18. The Morgan fingerprint density at radius 1 is 0.857 bits per heavy atom. The first kappa shape index (κ1) is 10.8. The molecule has 0 saturated carbocycles. The molecule has 1 rings (SSSR count). The zero-order valence-corrected chi connectivity index (χ0v) is 7.67. The highest BCUT2D eigenvalue weighted by Crippen LogP contribution is 2.30. The Morgan fingerprint density at radius 2 is 1.36 bits per heavy atom. The normalized spacial score (nSPS) is 11.1. The van der Waals surface area contributed by atoms with E-state index in [0.29, 0.717) is 0 Å². The van der Waals surface area contributed by atoms with Crippen molar-refractivity contribution >= 4 is 5.69 Å². The molecule has 1 aromatic carbocycles. The topological polar surface area (TPSA) is 26.0 Å². The smallest absolute Gasteiger partial charge is 0.197 e. The van der Waals surface area contributed by atoms with Crippen molar-refractivity contribution in [2.45, 2.75) is 19.8 Å². The van der Waals surface area contributed by atoms with Crippen molar-refractivity contribution < 1.29 is 17.6 Å². The standard InChI is InChI=1S/C9H9F4N/c1-3(2)4-5(10)7(12)8(13)9(14)6(4)11/h3H,14H2,1-2H3. The molecule has 0 aliphatic carbocycles. The fraction of sp³-hybridized carbons (Fsp3) is 0.333. The third-order valence-electron chi connectivity index (χ3n) is 1.91. The van der Waals surface area contributed by atoms with Crippen LogP contribution in [0.4, 0.5) is 23.2 Å². The van der Waals surface area contributed by atoms with Crippen molar-refractivity contribution in [2.75, 3.05) is 5.73 Å². The van der Waals surface area contributed by atoms with E-state index in [4.69, 9.17) is 5.73 Å². The Balaban J connectivity index is 3.60. The average molecular weight is 207 g/mol. The average Bonchev–Trinajstić information content (AvgIpc) is 2.11. The van der Waals surface area contributed by atoms with E-state index < -0.39 is 40.4 Å². The number of hydrogen-bond acceptors (Lipinski definition) is 1. The highest BCUT2D eigenvalue weighted by Gasteiger charge is 2.24. The SMILES string of the molecule is CC(C)c1c(F)c(N)c(F)c(F)c1F. The second-order valence-corrected chi connectivity index (χ2v) is 3.24. The van der Waals surface area contributed by atoms with Crippen LogP contribution in [0.15, 0.2) is 0 Å². The molecule has 0 aliphatic rings. The molecular formula is C9H9F4N. The lowest BCUT2D eigenvalue weighted by molar-refractivity contribution is 0.424. The lowest BCUT2D eigenvalue weighted by atomic mass is 10.0. The van der Waals surface area contributed by atoms with Crippen LogP contribution in [-0.4, -0.2) is 0 Å². The molecule has 0 aliphatic heterocycles. The van der Waals surface area contributed by atoms with Gasteiger partial charge in [-0.05, 0) is 5.92 Å². The van der Waals surface area contributed by atoms with E-state index in [1.54, 1.807) is 0 Å². The van der Waals surface area contributed by atoms with Crippen LogP contribution < -0.4 is 5.73 Å². The van der Waals surface area contributed by atoms with E-state index in [2.05, 4.69) is 0 Å². The maximum atomic E-state index is 13.2. The third kappa shape index (κ3) is 1.42. The van der Waals surface area contributed by atoms with E-state index in [9.17, 15) is 17.6 Å². The summed E-state index contributed by atoms with van der Waals surface area (Å²) in [6, 6.07) is 0. The van der Waals surface area contributed by atoms with Gasteiger partial charge < -0.3 is 5.73 Å². The number of nitrogen functional groups attached to an aromatic ring is 1. The van der Waals surface area contributed by atoms with Crippen LogP contribution in [-0.2, 0) is 0 Å². The number of halogens is 4. The summed E-state index contributed by atoms with van der Waals surface area (Å²) in [4.78, 5) is 0. The Bertz CT molecular complexity index is 345. The van der Waals surface area contributed by atoms with Gasteiger partial charge in [-0.3, -0.25) is 0 Å². The summed E-state index contributed by atoms with van der Waals surface area (Å²) < 4.78 is 51.7. The van der Waals surface area contributed by atoms with Crippen LogP contribution in [0, 0.1) is 23.3 Å². The molecule has 0 amide bonds. The molecule has 14 heavy (non-hydrogen) atoms. The Morgan fingerprint density at radius 3 is 1.79 bits per heavy atom. The predicted molar refractivity (Wildman–Crippen MR) is 44.8 cm³/mol. The molecule has 0 bridgehead atoms. The quantitative estimate of drug-likeness (QED) is 0.326. The molecule has 0 fully saturated rings. The molecule has 0 unspecified atom stereocenters. The minimum Gasteiger partial charge on any atom is -0.394 e. The van der Waals surface area contributed by atoms with Crippen LogP contribution in [0.25, 0.3) is 0 Å². The molecule has 0 aromatic heterocycles. The van der Waals surface area contributed by atoms with Crippen molar-refractivity contribution in [3.8, 4) is 0 Å². The zero-order chi connectivity index (χ0) is 11.0. The molecule has 1 aromatic rings. The molecule has 78 valence electrons. The van der Waals surface area contributed by atoms with Crippen molar-refractivity contribution in [1.29, 1.82) is 0 Å². The molecule has 0 heterocycles. The lowest BCUT2D eigenvalue weighted by Gasteiger charge is -2.11. The molecular weight excluding hydrogens is 198 g/mol. The van der Waals surface area contributed by atoms with Gasteiger partial charge in [0.1, 0.15) is 5.69 Å². The fourth-order valence-corrected chi connectivity index (χ4v) is 1.18. The third-order valence-corrected chi connectivity index (χ3v) is 1.91. The van der Waals surface area contributed by atoms with Crippen molar-refractivity contribution in [3.63, 3.8) is 0 Å². The lowest BCUT2D eigenvalue weighted by Crippen LogP contribution is -2.09. The molecule has 1 nitrogen and oxygen atoms in total.